The van der Waals surface area contributed by atoms with Gasteiger partial charge in [0.25, 0.3) is 0 Å². The Morgan fingerprint density at radius 2 is 1.94 bits per heavy atom. The van der Waals surface area contributed by atoms with Gasteiger partial charge in [0.05, 0.1) is 0 Å². The van der Waals surface area contributed by atoms with Crippen molar-refractivity contribution in [1.29, 1.82) is 0 Å². The van der Waals surface area contributed by atoms with E-state index in [2.05, 4.69) is 0 Å². The maximum absolute atomic E-state index is 11.0. The van der Waals surface area contributed by atoms with Crippen LogP contribution in [0.1, 0.15) is 24.5 Å². The minimum absolute atomic E-state index is 0.402. The van der Waals surface area contributed by atoms with E-state index in [0.717, 1.165) is 5.56 Å². The van der Waals surface area contributed by atoms with Crippen molar-refractivity contribution in [2.24, 2.45) is 0 Å². The molecule has 16 heavy (non-hydrogen) atoms. The number of carbonyl (C=O) groups is 1. The molecule has 0 aliphatic rings. The first-order valence-corrected chi connectivity index (χ1v) is 5.53. The van der Waals surface area contributed by atoms with Crippen molar-refractivity contribution < 1.29 is 9.90 Å². The van der Waals surface area contributed by atoms with E-state index in [1.165, 1.54) is 5.56 Å². The fourth-order valence-corrected chi connectivity index (χ4v) is 1.77. The summed E-state index contributed by atoms with van der Waals surface area (Å²) in [5.41, 5.74) is 2.37. The number of hydrogen-bond donors (Lipinski definition) is 1. The minimum Gasteiger partial charge on any atom is -0.480 e. The third-order valence-electron chi connectivity index (χ3n) is 2.76. The van der Waals surface area contributed by atoms with E-state index in [0.29, 0.717) is 13.0 Å². The Labute approximate surface area is 96.7 Å². The van der Waals surface area contributed by atoms with Crippen molar-refractivity contribution in [1.82, 2.24) is 4.90 Å². The van der Waals surface area contributed by atoms with E-state index >= 15 is 0 Å². The van der Waals surface area contributed by atoms with Crippen molar-refractivity contribution in [3.05, 3.63) is 35.4 Å². The summed E-state index contributed by atoms with van der Waals surface area (Å²) in [5, 5.41) is 9.02. The first-order chi connectivity index (χ1) is 7.54. The average molecular weight is 221 g/mol. The Kier molecular flexibility index (Phi) is 4.50. The summed E-state index contributed by atoms with van der Waals surface area (Å²) >= 11 is 0. The summed E-state index contributed by atoms with van der Waals surface area (Å²) in [6, 6.07) is 7.78. The molecule has 0 bridgehead atoms. The van der Waals surface area contributed by atoms with Crippen molar-refractivity contribution in [2.75, 3.05) is 7.05 Å². The normalized spacial score (nSPS) is 12.8. The minimum atomic E-state index is -0.753. The lowest BCUT2D eigenvalue weighted by atomic mass is 10.1. The first kappa shape index (κ1) is 12.7. The molecule has 0 aliphatic carbocycles. The lowest BCUT2D eigenvalue weighted by Crippen LogP contribution is -2.37. The van der Waals surface area contributed by atoms with Crippen LogP contribution in [0.3, 0.4) is 0 Å². The summed E-state index contributed by atoms with van der Waals surface area (Å²) in [7, 11) is 1.85. The molecule has 1 unspecified atom stereocenters. The molecule has 0 aliphatic heterocycles. The van der Waals surface area contributed by atoms with Crippen LogP contribution in [0.25, 0.3) is 0 Å². The first-order valence-electron chi connectivity index (χ1n) is 5.53. The predicted octanol–water partition coefficient (Wildman–Crippen LogP) is 2.29. The quantitative estimate of drug-likeness (QED) is 0.829. The monoisotopic (exact) mass is 221 g/mol. The zero-order chi connectivity index (χ0) is 12.1. The van der Waals surface area contributed by atoms with Gasteiger partial charge in [-0.3, -0.25) is 9.69 Å². The number of hydrogen-bond acceptors (Lipinski definition) is 2. The molecule has 0 heterocycles. The zero-order valence-electron chi connectivity index (χ0n) is 10.1. The molecule has 1 aromatic carbocycles. The van der Waals surface area contributed by atoms with E-state index < -0.39 is 12.0 Å². The average Bonchev–Trinajstić information content (AvgIpc) is 2.22. The molecule has 88 valence electrons. The number of nitrogens with zero attached hydrogens (tertiary/aromatic N) is 1. The zero-order valence-corrected chi connectivity index (χ0v) is 10.1. The van der Waals surface area contributed by atoms with Gasteiger partial charge >= 0.3 is 5.97 Å². The second kappa shape index (κ2) is 5.66. The van der Waals surface area contributed by atoms with Gasteiger partial charge in [-0.1, -0.05) is 36.8 Å². The molecule has 3 nitrogen and oxygen atoms in total. The molecular weight excluding hydrogens is 202 g/mol. The van der Waals surface area contributed by atoms with Crippen LogP contribution in [-0.4, -0.2) is 29.1 Å². The summed E-state index contributed by atoms with van der Waals surface area (Å²) in [4.78, 5) is 12.8. The molecule has 1 aromatic rings. The van der Waals surface area contributed by atoms with E-state index in [9.17, 15) is 4.79 Å². The summed E-state index contributed by atoms with van der Waals surface area (Å²) in [6.45, 7) is 4.61. The Balaban J connectivity index is 2.66. The van der Waals surface area contributed by atoms with Crippen molar-refractivity contribution in [3.63, 3.8) is 0 Å². The number of aryl methyl sites for hydroxylation is 1. The second-order valence-electron chi connectivity index (χ2n) is 4.16. The van der Waals surface area contributed by atoms with Gasteiger partial charge in [0.2, 0.25) is 0 Å². The summed E-state index contributed by atoms with van der Waals surface area (Å²) in [5.74, 6) is -0.753. The molecule has 0 saturated carbocycles. The van der Waals surface area contributed by atoms with Gasteiger partial charge in [-0.2, -0.15) is 0 Å². The van der Waals surface area contributed by atoms with Crippen molar-refractivity contribution in [2.45, 2.75) is 32.9 Å². The van der Waals surface area contributed by atoms with Gasteiger partial charge < -0.3 is 5.11 Å². The number of benzene rings is 1. The number of rotatable bonds is 5. The van der Waals surface area contributed by atoms with Gasteiger partial charge in [-0.25, -0.2) is 0 Å². The Morgan fingerprint density at radius 1 is 1.38 bits per heavy atom. The highest BCUT2D eigenvalue weighted by molar-refractivity contribution is 5.73. The Morgan fingerprint density at radius 3 is 2.38 bits per heavy atom. The predicted molar refractivity (Wildman–Crippen MR) is 64.4 cm³/mol. The van der Waals surface area contributed by atoms with Gasteiger partial charge in [-0.05, 0) is 26.0 Å². The van der Waals surface area contributed by atoms with E-state index in [1.54, 1.807) is 0 Å². The topological polar surface area (TPSA) is 40.5 Å². The standard InChI is InChI=1S/C13H19NO2/c1-4-12(13(15)16)14(3)9-11-7-5-10(2)6-8-11/h5-8,12H,4,9H2,1-3H3,(H,15,16). The second-order valence-corrected chi connectivity index (χ2v) is 4.16. The lowest BCUT2D eigenvalue weighted by Gasteiger charge is -2.23. The molecule has 0 radical (unpaired) electrons. The van der Waals surface area contributed by atoms with Crippen LogP contribution in [0.2, 0.25) is 0 Å². The largest absolute Gasteiger partial charge is 0.480 e. The molecule has 1 atom stereocenters. The summed E-state index contributed by atoms with van der Waals surface area (Å²) < 4.78 is 0. The van der Waals surface area contributed by atoms with Crippen LogP contribution >= 0.6 is 0 Å². The van der Waals surface area contributed by atoms with Gasteiger partial charge in [-0.15, -0.1) is 0 Å². The van der Waals surface area contributed by atoms with Crippen LogP contribution in [0.5, 0.6) is 0 Å². The highest BCUT2D eigenvalue weighted by Crippen LogP contribution is 2.10. The van der Waals surface area contributed by atoms with Gasteiger partial charge in [0.1, 0.15) is 6.04 Å². The van der Waals surface area contributed by atoms with E-state index in [1.807, 2.05) is 50.1 Å². The third-order valence-corrected chi connectivity index (χ3v) is 2.76. The highest BCUT2D eigenvalue weighted by Gasteiger charge is 2.19. The molecule has 0 fully saturated rings. The maximum Gasteiger partial charge on any atom is 0.320 e. The van der Waals surface area contributed by atoms with Crippen LogP contribution in [-0.2, 0) is 11.3 Å². The molecule has 3 heteroatoms. The van der Waals surface area contributed by atoms with Crippen molar-refractivity contribution >= 4 is 5.97 Å². The third kappa shape index (κ3) is 3.35. The van der Waals surface area contributed by atoms with Crippen molar-refractivity contribution in [3.8, 4) is 0 Å². The molecule has 1 N–H and O–H groups in total. The molecule has 0 spiro atoms. The van der Waals surface area contributed by atoms with Crippen LogP contribution in [0.15, 0.2) is 24.3 Å². The maximum atomic E-state index is 11.0. The number of aliphatic carboxylic acids is 1. The molecular formula is C13H19NO2. The molecule has 1 rings (SSSR count). The molecule has 0 saturated heterocycles. The van der Waals surface area contributed by atoms with Crippen LogP contribution < -0.4 is 0 Å². The smallest absolute Gasteiger partial charge is 0.320 e. The van der Waals surface area contributed by atoms with Crippen LogP contribution in [0.4, 0.5) is 0 Å². The molecule has 0 amide bonds. The number of carboxylic acid groups (broad SMARTS) is 1. The summed E-state index contributed by atoms with van der Waals surface area (Å²) in [6.07, 6.45) is 0.623. The van der Waals surface area contributed by atoms with Gasteiger partial charge in [0.15, 0.2) is 0 Å². The van der Waals surface area contributed by atoms with E-state index in [-0.39, 0.29) is 0 Å². The Bertz CT molecular complexity index is 345. The van der Waals surface area contributed by atoms with Crippen LogP contribution in [0, 0.1) is 6.92 Å². The van der Waals surface area contributed by atoms with Gasteiger partial charge in [0, 0.05) is 6.54 Å². The SMILES string of the molecule is CCC(C(=O)O)N(C)Cc1ccc(C)cc1. The number of carboxylic acids is 1. The highest BCUT2D eigenvalue weighted by atomic mass is 16.4. The Hall–Kier alpha value is -1.35. The van der Waals surface area contributed by atoms with E-state index in [4.69, 9.17) is 5.11 Å². The lowest BCUT2D eigenvalue weighted by molar-refractivity contribution is -0.143. The molecule has 0 aromatic heterocycles. The fraction of sp³-hybridized carbons (Fsp3) is 0.462. The fourth-order valence-electron chi connectivity index (χ4n) is 1.77. The number of likely N-dealkylation sites (N-methyl/N-ethyl adjacent to an activating group) is 1.